The van der Waals surface area contributed by atoms with Crippen LogP contribution < -0.4 is 0 Å². The van der Waals surface area contributed by atoms with Crippen molar-refractivity contribution >= 4 is 10.9 Å². The predicted octanol–water partition coefficient (Wildman–Crippen LogP) is 3.35. The molecule has 0 bridgehead atoms. The van der Waals surface area contributed by atoms with E-state index in [9.17, 15) is 0 Å². The van der Waals surface area contributed by atoms with Crippen LogP contribution in [0.15, 0.2) is 24.3 Å². The largest absolute Gasteiger partial charge is 0.357 e. The average molecular weight is 216 g/mol. The Hall–Kier alpha value is -1.28. The first-order chi connectivity index (χ1) is 7.58. The maximum atomic E-state index is 3.48. The van der Waals surface area contributed by atoms with Gasteiger partial charge < -0.3 is 9.88 Å². The van der Waals surface area contributed by atoms with E-state index in [1.54, 1.807) is 0 Å². The summed E-state index contributed by atoms with van der Waals surface area (Å²) in [6, 6.07) is 8.79. The van der Waals surface area contributed by atoms with Crippen LogP contribution in [-0.4, -0.2) is 24.0 Å². The summed E-state index contributed by atoms with van der Waals surface area (Å²) in [4.78, 5) is 5.66. The first kappa shape index (κ1) is 11.2. The molecule has 0 saturated heterocycles. The van der Waals surface area contributed by atoms with Gasteiger partial charge in [-0.2, -0.15) is 0 Å². The molecular formula is C14H20N2. The number of benzene rings is 1. The zero-order valence-corrected chi connectivity index (χ0v) is 10.5. The maximum Gasteiger partial charge on any atom is 0.0459 e. The van der Waals surface area contributed by atoms with Crippen LogP contribution in [0.4, 0.5) is 0 Å². The quantitative estimate of drug-likeness (QED) is 0.833. The highest BCUT2D eigenvalue weighted by atomic mass is 15.1. The van der Waals surface area contributed by atoms with Gasteiger partial charge in [-0.15, -0.1) is 0 Å². The van der Waals surface area contributed by atoms with Gasteiger partial charge in [0.25, 0.3) is 0 Å². The third-order valence-electron chi connectivity index (χ3n) is 2.86. The maximum absolute atomic E-state index is 3.48. The molecule has 2 heteroatoms. The fourth-order valence-corrected chi connectivity index (χ4v) is 2.17. The van der Waals surface area contributed by atoms with E-state index in [-0.39, 0.29) is 0 Å². The van der Waals surface area contributed by atoms with E-state index in [2.05, 4.69) is 62.1 Å². The molecule has 86 valence electrons. The molecule has 2 nitrogen and oxygen atoms in total. The van der Waals surface area contributed by atoms with Crippen LogP contribution in [0.5, 0.6) is 0 Å². The highest BCUT2D eigenvalue weighted by molar-refractivity contribution is 5.84. The smallest absolute Gasteiger partial charge is 0.0459 e. The van der Waals surface area contributed by atoms with Gasteiger partial charge in [-0.1, -0.05) is 26.0 Å². The highest BCUT2D eigenvalue weighted by Gasteiger charge is 2.08. The standard InChI is InChI=1S/C14H20N2/c1-10(2)12-6-5-7-14-13(12)8-11(15-14)9-16(3)4/h5-8,10,15H,9H2,1-4H3. The van der Waals surface area contributed by atoms with Crippen LogP contribution in [0.1, 0.15) is 31.0 Å². The van der Waals surface area contributed by atoms with Crippen LogP contribution in [0.3, 0.4) is 0 Å². The van der Waals surface area contributed by atoms with Crippen molar-refractivity contribution in [2.75, 3.05) is 14.1 Å². The summed E-state index contributed by atoms with van der Waals surface area (Å²) in [5.41, 5.74) is 3.97. The Morgan fingerprint density at radius 1 is 1.25 bits per heavy atom. The number of hydrogen-bond acceptors (Lipinski definition) is 1. The summed E-state index contributed by atoms with van der Waals surface area (Å²) >= 11 is 0. The lowest BCUT2D eigenvalue weighted by molar-refractivity contribution is 0.398. The van der Waals surface area contributed by atoms with Gasteiger partial charge in [0.05, 0.1) is 0 Å². The van der Waals surface area contributed by atoms with Crippen molar-refractivity contribution in [3.63, 3.8) is 0 Å². The van der Waals surface area contributed by atoms with Gasteiger partial charge in [0, 0.05) is 23.1 Å². The highest BCUT2D eigenvalue weighted by Crippen LogP contribution is 2.26. The van der Waals surface area contributed by atoms with Crippen LogP contribution in [-0.2, 0) is 6.54 Å². The fourth-order valence-electron chi connectivity index (χ4n) is 2.17. The minimum atomic E-state index is 0.576. The molecule has 0 atom stereocenters. The number of nitrogens with one attached hydrogen (secondary N) is 1. The molecule has 1 aromatic carbocycles. The van der Waals surface area contributed by atoms with Crippen molar-refractivity contribution in [3.8, 4) is 0 Å². The molecule has 1 aromatic heterocycles. The van der Waals surface area contributed by atoms with E-state index < -0.39 is 0 Å². The molecule has 0 unspecified atom stereocenters. The molecule has 1 N–H and O–H groups in total. The van der Waals surface area contributed by atoms with E-state index in [4.69, 9.17) is 0 Å². The Balaban J connectivity index is 2.48. The first-order valence-electron chi connectivity index (χ1n) is 5.83. The predicted molar refractivity (Wildman–Crippen MR) is 69.8 cm³/mol. The van der Waals surface area contributed by atoms with Crippen molar-refractivity contribution < 1.29 is 0 Å². The number of aromatic amines is 1. The van der Waals surface area contributed by atoms with Gasteiger partial charge in [0.2, 0.25) is 0 Å². The summed E-state index contributed by atoms with van der Waals surface area (Å²) in [6.07, 6.45) is 0. The summed E-state index contributed by atoms with van der Waals surface area (Å²) in [5.74, 6) is 0.576. The van der Waals surface area contributed by atoms with Crippen LogP contribution in [0, 0.1) is 0 Å². The number of nitrogens with zero attached hydrogens (tertiary/aromatic N) is 1. The van der Waals surface area contributed by atoms with Gasteiger partial charge in [-0.05, 0) is 37.7 Å². The number of aromatic nitrogens is 1. The third kappa shape index (κ3) is 2.12. The van der Waals surface area contributed by atoms with E-state index in [1.807, 2.05) is 0 Å². The van der Waals surface area contributed by atoms with E-state index in [0.717, 1.165) is 6.54 Å². The normalized spacial score (nSPS) is 11.9. The second kappa shape index (κ2) is 4.30. The SMILES string of the molecule is CC(C)c1cccc2[nH]c(CN(C)C)cc12. The lowest BCUT2D eigenvalue weighted by Crippen LogP contribution is -2.10. The van der Waals surface area contributed by atoms with Crippen molar-refractivity contribution in [2.24, 2.45) is 0 Å². The summed E-state index contributed by atoms with van der Waals surface area (Å²) in [6.45, 7) is 5.45. The number of H-pyrrole nitrogens is 1. The van der Waals surface area contributed by atoms with Crippen molar-refractivity contribution in [1.82, 2.24) is 9.88 Å². The monoisotopic (exact) mass is 216 g/mol. The second-order valence-electron chi connectivity index (χ2n) is 5.00. The Morgan fingerprint density at radius 3 is 2.62 bits per heavy atom. The molecule has 16 heavy (non-hydrogen) atoms. The van der Waals surface area contributed by atoms with Gasteiger partial charge in [0.15, 0.2) is 0 Å². The zero-order valence-electron chi connectivity index (χ0n) is 10.5. The second-order valence-corrected chi connectivity index (χ2v) is 5.00. The molecule has 0 aliphatic rings. The Kier molecular flexibility index (Phi) is 3.01. The van der Waals surface area contributed by atoms with Crippen LogP contribution >= 0.6 is 0 Å². The lowest BCUT2D eigenvalue weighted by atomic mass is 9.99. The van der Waals surface area contributed by atoms with Gasteiger partial charge >= 0.3 is 0 Å². The molecule has 0 aliphatic carbocycles. The number of hydrogen-bond donors (Lipinski definition) is 1. The van der Waals surface area contributed by atoms with Crippen molar-refractivity contribution in [3.05, 3.63) is 35.5 Å². The van der Waals surface area contributed by atoms with Gasteiger partial charge in [-0.3, -0.25) is 0 Å². The molecule has 0 saturated carbocycles. The Morgan fingerprint density at radius 2 is 2.00 bits per heavy atom. The molecule has 0 aliphatic heterocycles. The van der Waals surface area contributed by atoms with Gasteiger partial charge in [0.1, 0.15) is 0 Å². The average Bonchev–Trinajstić information content (AvgIpc) is 2.57. The summed E-state index contributed by atoms with van der Waals surface area (Å²) in [7, 11) is 4.18. The van der Waals surface area contributed by atoms with E-state index in [1.165, 1.54) is 22.2 Å². The topological polar surface area (TPSA) is 19.0 Å². The molecule has 0 radical (unpaired) electrons. The Labute approximate surface area is 97.3 Å². The first-order valence-corrected chi connectivity index (χ1v) is 5.83. The lowest BCUT2D eigenvalue weighted by Gasteiger charge is -2.06. The zero-order chi connectivity index (χ0) is 11.7. The van der Waals surface area contributed by atoms with Gasteiger partial charge in [-0.25, -0.2) is 0 Å². The summed E-state index contributed by atoms with van der Waals surface area (Å²) in [5, 5.41) is 1.37. The molecule has 0 fully saturated rings. The molecule has 2 aromatic rings. The van der Waals surface area contributed by atoms with Crippen molar-refractivity contribution in [2.45, 2.75) is 26.3 Å². The molecule has 0 spiro atoms. The third-order valence-corrected chi connectivity index (χ3v) is 2.86. The van der Waals surface area contributed by atoms with E-state index >= 15 is 0 Å². The molecule has 0 amide bonds. The van der Waals surface area contributed by atoms with Crippen LogP contribution in [0.25, 0.3) is 10.9 Å². The van der Waals surface area contributed by atoms with E-state index in [0.29, 0.717) is 5.92 Å². The van der Waals surface area contributed by atoms with Crippen molar-refractivity contribution in [1.29, 1.82) is 0 Å². The number of rotatable bonds is 3. The minimum Gasteiger partial charge on any atom is -0.357 e. The molecule has 1 heterocycles. The molecular weight excluding hydrogens is 196 g/mol. The minimum absolute atomic E-state index is 0.576. The Bertz CT molecular complexity index is 480. The molecule has 2 rings (SSSR count). The number of fused-ring (bicyclic) bond motifs is 1. The summed E-state index contributed by atoms with van der Waals surface area (Å²) < 4.78 is 0. The van der Waals surface area contributed by atoms with Crippen LogP contribution in [0.2, 0.25) is 0 Å². The fraction of sp³-hybridized carbons (Fsp3) is 0.429.